The predicted molar refractivity (Wildman–Crippen MR) is 74.1 cm³/mol. The lowest BCUT2D eigenvalue weighted by molar-refractivity contribution is -0.137. The molecule has 3 rings (SSSR count). The number of carboxylic acids is 1. The maximum atomic E-state index is 12.3. The van der Waals surface area contributed by atoms with Gasteiger partial charge in [0.25, 0.3) is 5.91 Å². The summed E-state index contributed by atoms with van der Waals surface area (Å²) in [5, 5.41) is 22.9. The van der Waals surface area contributed by atoms with E-state index in [0.29, 0.717) is 18.8 Å². The van der Waals surface area contributed by atoms with Crippen LogP contribution in [0.2, 0.25) is 0 Å². The maximum absolute atomic E-state index is 12.3. The van der Waals surface area contributed by atoms with Crippen molar-refractivity contribution in [1.82, 2.24) is 30.1 Å². The van der Waals surface area contributed by atoms with E-state index in [0.717, 1.165) is 18.5 Å². The van der Waals surface area contributed by atoms with Crippen molar-refractivity contribution in [3.05, 3.63) is 29.8 Å². The van der Waals surface area contributed by atoms with Gasteiger partial charge in [-0.3, -0.25) is 14.3 Å². The monoisotopic (exact) mass is 304 g/mol. The molecule has 1 saturated heterocycles. The quantitative estimate of drug-likeness (QED) is 0.827. The first-order chi connectivity index (χ1) is 10.6. The largest absolute Gasteiger partial charge is 0.480 e. The minimum absolute atomic E-state index is 0.0754. The van der Waals surface area contributed by atoms with E-state index in [1.54, 1.807) is 11.1 Å². The summed E-state index contributed by atoms with van der Waals surface area (Å²) in [5.41, 5.74) is 1.14. The van der Waals surface area contributed by atoms with E-state index in [9.17, 15) is 9.59 Å². The number of carbonyl (C=O) groups excluding carboxylic acids is 1. The van der Waals surface area contributed by atoms with E-state index < -0.39 is 5.97 Å². The Morgan fingerprint density at radius 3 is 3.05 bits per heavy atom. The van der Waals surface area contributed by atoms with Crippen LogP contribution in [0.15, 0.2) is 18.5 Å². The molecule has 0 unspecified atom stereocenters. The second-order valence-electron chi connectivity index (χ2n) is 5.25. The first kappa shape index (κ1) is 14.2. The average Bonchev–Trinajstić information content (AvgIpc) is 3.17. The SMILES string of the molecule is O=C(O)Cn1nccc1[C@@H]1CCCN(C(=O)c2cn[nH]n2)C1. The van der Waals surface area contributed by atoms with Gasteiger partial charge in [-0.05, 0) is 18.9 Å². The second-order valence-corrected chi connectivity index (χ2v) is 5.25. The maximum Gasteiger partial charge on any atom is 0.325 e. The Labute approximate surface area is 125 Å². The van der Waals surface area contributed by atoms with E-state index >= 15 is 0 Å². The van der Waals surface area contributed by atoms with E-state index in [4.69, 9.17) is 5.11 Å². The van der Waals surface area contributed by atoms with Crippen molar-refractivity contribution in [3.8, 4) is 0 Å². The smallest absolute Gasteiger partial charge is 0.325 e. The summed E-state index contributed by atoms with van der Waals surface area (Å²) in [6.07, 6.45) is 4.75. The molecule has 0 aliphatic carbocycles. The Morgan fingerprint density at radius 2 is 2.32 bits per heavy atom. The number of H-pyrrole nitrogens is 1. The van der Waals surface area contributed by atoms with Crippen molar-refractivity contribution in [3.63, 3.8) is 0 Å². The molecule has 0 bridgehead atoms. The van der Waals surface area contributed by atoms with Crippen LogP contribution in [0.3, 0.4) is 0 Å². The molecule has 0 aromatic carbocycles. The summed E-state index contributed by atoms with van der Waals surface area (Å²) in [7, 11) is 0. The molecule has 1 aliphatic heterocycles. The van der Waals surface area contributed by atoms with E-state index in [-0.39, 0.29) is 18.4 Å². The molecule has 0 radical (unpaired) electrons. The molecule has 2 aromatic heterocycles. The molecule has 0 saturated carbocycles. The highest BCUT2D eigenvalue weighted by atomic mass is 16.4. The van der Waals surface area contributed by atoms with E-state index in [2.05, 4.69) is 20.5 Å². The molecular weight excluding hydrogens is 288 g/mol. The number of piperidine rings is 1. The minimum Gasteiger partial charge on any atom is -0.480 e. The highest BCUT2D eigenvalue weighted by Gasteiger charge is 2.28. The summed E-state index contributed by atoms with van der Waals surface area (Å²) in [4.78, 5) is 24.9. The average molecular weight is 304 g/mol. The van der Waals surface area contributed by atoms with Crippen molar-refractivity contribution in [2.45, 2.75) is 25.3 Å². The molecule has 1 atom stereocenters. The summed E-state index contributed by atoms with van der Waals surface area (Å²) in [6, 6.07) is 1.82. The number of aromatic amines is 1. The van der Waals surface area contributed by atoms with Crippen molar-refractivity contribution in [2.75, 3.05) is 13.1 Å². The Bertz CT molecular complexity index is 665. The van der Waals surface area contributed by atoms with Crippen molar-refractivity contribution >= 4 is 11.9 Å². The standard InChI is InChI=1S/C13H16N6O3/c20-12(21)8-19-11(3-4-15-19)9-2-1-5-18(7-9)13(22)10-6-14-17-16-10/h3-4,6,9H,1-2,5,7-8H2,(H,20,21)(H,14,16,17)/t9-/m1/s1. The van der Waals surface area contributed by atoms with Gasteiger partial charge in [0.2, 0.25) is 0 Å². The lowest BCUT2D eigenvalue weighted by Gasteiger charge is -2.32. The van der Waals surface area contributed by atoms with Gasteiger partial charge in [0, 0.05) is 30.9 Å². The number of hydrogen-bond acceptors (Lipinski definition) is 5. The number of nitrogens with zero attached hydrogens (tertiary/aromatic N) is 5. The van der Waals surface area contributed by atoms with Gasteiger partial charge in [-0.1, -0.05) is 0 Å². The molecule has 116 valence electrons. The first-order valence-corrected chi connectivity index (χ1v) is 7.03. The number of likely N-dealkylation sites (tertiary alicyclic amines) is 1. The van der Waals surface area contributed by atoms with E-state index in [1.165, 1.54) is 10.9 Å². The molecule has 1 aliphatic rings. The molecule has 3 heterocycles. The molecular formula is C13H16N6O3. The normalized spacial score (nSPS) is 18.4. The summed E-state index contributed by atoms with van der Waals surface area (Å²) in [5.74, 6) is -1.02. The molecule has 0 spiro atoms. The Balaban J connectivity index is 1.75. The van der Waals surface area contributed by atoms with Crippen LogP contribution in [0.4, 0.5) is 0 Å². The topological polar surface area (TPSA) is 117 Å². The Morgan fingerprint density at radius 1 is 1.45 bits per heavy atom. The molecule has 1 fully saturated rings. The molecule has 1 amide bonds. The van der Waals surface area contributed by atoms with Crippen LogP contribution in [-0.2, 0) is 11.3 Å². The molecule has 2 aromatic rings. The first-order valence-electron chi connectivity index (χ1n) is 7.03. The third-order valence-corrected chi connectivity index (χ3v) is 3.80. The van der Waals surface area contributed by atoms with Crippen LogP contribution < -0.4 is 0 Å². The van der Waals surface area contributed by atoms with Crippen LogP contribution >= 0.6 is 0 Å². The van der Waals surface area contributed by atoms with Gasteiger partial charge >= 0.3 is 5.97 Å². The van der Waals surface area contributed by atoms with Gasteiger partial charge in [-0.25, -0.2) is 0 Å². The number of carbonyl (C=O) groups is 2. The van der Waals surface area contributed by atoms with Crippen LogP contribution in [-0.4, -0.2) is 60.2 Å². The van der Waals surface area contributed by atoms with Gasteiger partial charge < -0.3 is 10.0 Å². The zero-order valence-corrected chi connectivity index (χ0v) is 11.8. The fraction of sp³-hybridized carbons (Fsp3) is 0.462. The van der Waals surface area contributed by atoms with Gasteiger partial charge in [-0.2, -0.15) is 20.5 Å². The highest BCUT2D eigenvalue weighted by molar-refractivity contribution is 5.92. The van der Waals surface area contributed by atoms with Crippen LogP contribution in [0.5, 0.6) is 0 Å². The zero-order chi connectivity index (χ0) is 15.5. The lowest BCUT2D eigenvalue weighted by Crippen LogP contribution is -2.40. The van der Waals surface area contributed by atoms with Crippen LogP contribution in [0.1, 0.15) is 34.9 Å². The molecule has 22 heavy (non-hydrogen) atoms. The van der Waals surface area contributed by atoms with E-state index in [1.807, 2.05) is 6.07 Å². The molecule has 2 N–H and O–H groups in total. The van der Waals surface area contributed by atoms with Gasteiger partial charge in [-0.15, -0.1) is 0 Å². The molecule has 9 heteroatoms. The van der Waals surface area contributed by atoms with Crippen molar-refractivity contribution < 1.29 is 14.7 Å². The number of aromatic nitrogens is 5. The van der Waals surface area contributed by atoms with Gasteiger partial charge in [0.15, 0.2) is 5.69 Å². The lowest BCUT2D eigenvalue weighted by atomic mass is 9.94. The predicted octanol–water partition coefficient (Wildman–Crippen LogP) is 0.106. The Kier molecular flexibility index (Phi) is 3.86. The number of amides is 1. The number of nitrogens with one attached hydrogen (secondary N) is 1. The van der Waals surface area contributed by atoms with Crippen molar-refractivity contribution in [1.29, 1.82) is 0 Å². The number of hydrogen-bond donors (Lipinski definition) is 2. The minimum atomic E-state index is -0.934. The second kappa shape index (κ2) is 5.96. The third-order valence-electron chi connectivity index (χ3n) is 3.80. The summed E-state index contributed by atoms with van der Waals surface area (Å²) >= 11 is 0. The van der Waals surface area contributed by atoms with Crippen molar-refractivity contribution in [2.24, 2.45) is 0 Å². The summed E-state index contributed by atoms with van der Waals surface area (Å²) < 4.78 is 1.48. The van der Waals surface area contributed by atoms with Crippen LogP contribution in [0, 0.1) is 0 Å². The summed E-state index contributed by atoms with van der Waals surface area (Å²) in [6.45, 7) is 1.02. The third kappa shape index (κ3) is 2.83. The Hall–Kier alpha value is -2.71. The number of carboxylic acid groups (broad SMARTS) is 1. The fourth-order valence-electron chi connectivity index (χ4n) is 2.82. The number of aliphatic carboxylic acids is 1. The fourth-order valence-corrected chi connectivity index (χ4v) is 2.82. The van der Waals surface area contributed by atoms with Gasteiger partial charge in [0.1, 0.15) is 6.54 Å². The number of rotatable bonds is 4. The highest BCUT2D eigenvalue weighted by Crippen LogP contribution is 2.27. The van der Waals surface area contributed by atoms with Crippen LogP contribution in [0.25, 0.3) is 0 Å². The van der Waals surface area contributed by atoms with Gasteiger partial charge in [0.05, 0.1) is 6.20 Å². The zero-order valence-electron chi connectivity index (χ0n) is 11.8. The molecule has 9 nitrogen and oxygen atoms in total.